The lowest BCUT2D eigenvalue weighted by molar-refractivity contribution is -0.143. The van der Waals surface area contributed by atoms with Gasteiger partial charge in [0.15, 0.2) is 0 Å². The van der Waals surface area contributed by atoms with Gasteiger partial charge >= 0.3 is 5.97 Å². The number of hydrogen-bond acceptors (Lipinski definition) is 4. The van der Waals surface area contributed by atoms with Crippen molar-refractivity contribution in [2.45, 2.75) is 19.9 Å². The van der Waals surface area contributed by atoms with Gasteiger partial charge in [0.1, 0.15) is 5.82 Å². The van der Waals surface area contributed by atoms with Crippen LogP contribution in [-0.4, -0.2) is 34.9 Å². The van der Waals surface area contributed by atoms with Crippen LogP contribution >= 0.6 is 0 Å². The normalized spacial score (nSPS) is 10.2. The molecule has 5 nitrogen and oxygen atoms in total. The fourth-order valence-corrected chi connectivity index (χ4v) is 2.20. The largest absolute Gasteiger partial charge is 0.466 e. The molecular formula is C18H19FN2O3. The SMILES string of the molecule is CCOC(=O)CCN(Cc1cccnc1)C(=O)c1ccc(F)cc1. The van der Waals surface area contributed by atoms with E-state index in [9.17, 15) is 14.0 Å². The standard InChI is InChI=1S/C18H19FN2O3/c1-2-24-17(22)9-11-21(13-14-4-3-10-20-12-14)18(23)15-5-7-16(19)8-6-15/h3-8,10,12H,2,9,11,13H2,1H3. The zero-order valence-corrected chi connectivity index (χ0v) is 13.4. The predicted octanol–water partition coefficient (Wildman–Crippen LogP) is 2.82. The van der Waals surface area contributed by atoms with Crippen LogP contribution in [0.2, 0.25) is 0 Å². The van der Waals surface area contributed by atoms with Gasteiger partial charge in [-0.05, 0) is 42.8 Å². The van der Waals surface area contributed by atoms with Crippen LogP contribution in [0.5, 0.6) is 0 Å². The smallest absolute Gasteiger partial charge is 0.307 e. The molecule has 0 fully saturated rings. The van der Waals surface area contributed by atoms with Crippen molar-refractivity contribution in [3.8, 4) is 0 Å². The molecule has 24 heavy (non-hydrogen) atoms. The van der Waals surface area contributed by atoms with Crippen molar-refractivity contribution in [3.05, 3.63) is 65.7 Å². The minimum Gasteiger partial charge on any atom is -0.466 e. The monoisotopic (exact) mass is 330 g/mol. The lowest BCUT2D eigenvalue weighted by atomic mass is 10.1. The summed E-state index contributed by atoms with van der Waals surface area (Å²) < 4.78 is 17.9. The fourth-order valence-electron chi connectivity index (χ4n) is 2.20. The van der Waals surface area contributed by atoms with Gasteiger partial charge < -0.3 is 9.64 Å². The van der Waals surface area contributed by atoms with Crippen LogP contribution in [0.15, 0.2) is 48.8 Å². The Labute approximate surface area is 140 Å². The summed E-state index contributed by atoms with van der Waals surface area (Å²) in [6.45, 7) is 2.55. The number of hydrogen-bond donors (Lipinski definition) is 0. The second-order valence-electron chi connectivity index (χ2n) is 5.15. The minimum absolute atomic E-state index is 0.0983. The maximum Gasteiger partial charge on any atom is 0.307 e. The van der Waals surface area contributed by atoms with Crippen molar-refractivity contribution < 1.29 is 18.7 Å². The summed E-state index contributed by atoms with van der Waals surface area (Å²) in [5, 5.41) is 0. The molecule has 0 atom stereocenters. The summed E-state index contributed by atoms with van der Waals surface area (Å²) in [4.78, 5) is 29.8. The van der Waals surface area contributed by atoms with Gasteiger partial charge in [-0.1, -0.05) is 6.07 Å². The third-order valence-electron chi connectivity index (χ3n) is 3.37. The number of benzene rings is 1. The number of rotatable bonds is 7. The Kier molecular flexibility index (Phi) is 6.42. The maximum atomic E-state index is 13.0. The quantitative estimate of drug-likeness (QED) is 0.733. The van der Waals surface area contributed by atoms with Crippen LogP contribution in [0, 0.1) is 5.82 Å². The third-order valence-corrected chi connectivity index (χ3v) is 3.37. The summed E-state index contributed by atoms with van der Waals surface area (Å²) in [5.41, 5.74) is 1.21. The molecule has 6 heteroatoms. The van der Waals surface area contributed by atoms with Gasteiger partial charge in [0.25, 0.3) is 5.91 Å². The number of carbonyl (C=O) groups excluding carboxylic acids is 2. The molecule has 0 N–H and O–H groups in total. The van der Waals surface area contributed by atoms with Crippen molar-refractivity contribution >= 4 is 11.9 Å². The van der Waals surface area contributed by atoms with Gasteiger partial charge in [0.05, 0.1) is 13.0 Å². The summed E-state index contributed by atoms with van der Waals surface area (Å²) in [6.07, 6.45) is 3.41. The highest BCUT2D eigenvalue weighted by molar-refractivity contribution is 5.94. The molecule has 0 aliphatic heterocycles. The number of aromatic nitrogens is 1. The number of halogens is 1. The molecule has 0 spiro atoms. The summed E-state index contributed by atoms with van der Waals surface area (Å²) in [6, 6.07) is 8.96. The van der Waals surface area contributed by atoms with Crippen LogP contribution < -0.4 is 0 Å². The lowest BCUT2D eigenvalue weighted by Crippen LogP contribution is -2.33. The number of ether oxygens (including phenoxy) is 1. The van der Waals surface area contributed by atoms with Gasteiger partial charge in [-0.15, -0.1) is 0 Å². The molecule has 0 aliphatic rings. The summed E-state index contributed by atoms with van der Waals surface area (Å²) >= 11 is 0. The van der Waals surface area contributed by atoms with Crippen LogP contribution in [0.25, 0.3) is 0 Å². The molecule has 0 bridgehead atoms. The van der Waals surface area contributed by atoms with E-state index >= 15 is 0 Å². The molecule has 1 aromatic heterocycles. The molecule has 0 aliphatic carbocycles. The first-order chi connectivity index (χ1) is 11.6. The maximum absolute atomic E-state index is 13.0. The molecule has 0 radical (unpaired) electrons. The van der Waals surface area contributed by atoms with E-state index in [0.29, 0.717) is 18.7 Å². The lowest BCUT2D eigenvalue weighted by Gasteiger charge is -2.22. The zero-order chi connectivity index (χ0) is 17.4. The van der Waals surface area contributed by atoms with Crippen LogP contribution in [-0.2, 0) is 16.1 Å². The highest BCUT2D eigenvalue weighted by Gasteiger charge is 2.18. The van der Waals surface area contributed by atoms with Crippen molar-refractivity contribution in [3.63, 3.8) is 0 Å². The number of pyridine rings is 1. The van der Waals surface area contributed by atoms with E-state index in [2.05, 4.69) is 4.98 Å². The number of amides is 1. The molecule has 0 unspecified atom stereocenters. The van der Waals surface area contributed by atoms with Crippen molar-refractivity contribution in [1.29, 1.82) is 0 Å². The van der Waals surface area contributed by atoms with Crippen LogP contribution in [0.3, 0.4) is 0 Å². The number of carbonyl (C=O) groups is 2. The molecule has 0 saturated carbocycles. The first-order valence-electron chi connectivity index (χ1n) is 7.69. The van der Waals surface area contributed by atoms with E-state index < -0.39 is 5.82 Å². The van der Waals surface area contributed by atoms with Crippen LogP contribution in [0.4, 0.5) is 4.39 Å². The molecule has 1 heterocycles. The zero-order valence-electron chi connectivity index (χ0n) is 13.4. The Bertz CT molecular complexity index is 674. The van der Waals surface area contributed by atoms with Crippen molar-refractivity contribution in [2.75, 3.05) is 13.2 Å². The van der Waals surface area contributed by atoms with E-state index in [1.807, 2.05) is 6.07 Å². The topological polar surface area (TPSA) is 59.5 Å². The molecule has 0 saturated heterocycles. The highest BCUT2D eigenvalue weighted by Crippen LogP contribution is 2.11. The van der Waals surface area contributed by atoms with E-state index in [0.717, 1.165) is 5.56 Å². The molecule has 1 aromatic carbocycles. The Morgan fingerprint density at radius 3 is 2.58 bits per heavy atom. The second kappa shape index (κ2) is 8.76. The van der Waals surface area contributed by atoms with Crippen molar-refractivity contribution in [2.24, 2.45) is 0 Å². The number of esters is 1. The summed E-state index contributed by atoms with van der Waals surface area (Å²) in [7, 11) is 0. The van der Waals surface area contributed by atoms with Gasteiger partial charge in [-0.2, -0.15) is 0 Å². The van der Waals surface area contributed by atoms with Gasteiger partial charge in [-0.25, -0.2) is 4.39 Å². The Morgan fingerprint density at radius 2 is 1.96 bits per heavy atom. The predicted molar refractivity (Wildman–Crippen MR) is 86.6 cm³/mol. The van der Waals surface area contributed by atoms with E-state index in [-0.39, 0.29) is 24.8 Å². The van der Waals surface area contributed by atoms with E-state index in [1.165, 1.54) is 29.2 Å². The highest BCUT2D eigenvalue weighted by atomic mass is 19.1. The third kappa shape index (κ3) is 5.15. The fraction of sp³-hybridized carbons (Fsp3) is 0.278. The molecule has 2 aromatic rings. The summed E-state index contributed by atoms with van der Waals surface area (Å²) in [5.74, 6) is -1.04. The first-order valence-corrected chi connectivity index (χ1v) is 7.69. The van der Waals surface area contributed by atoms with Gasteiger partial charge in [0.2, 0.25) is 0 Å². The Balaban J connectivity index is 2.13. The molecule has 1 amide bonds. The van der Waals surface area contributed by atoms with Crippen LogP contribution in [0.1, 0.15) is 29.3 Å². The minimum atomic E-state index is -0.406. The molecule has 2 rings (SSSR count). The van der Waals surface area contributed by atoms with Gasteiger partial charge in [-0.3, -0.25) is 14.6 Å². The Hall–Kier alpha value is -2.76. The van der Waals surface area contributed by atoms with Gasteiger partial charge in [0, 0.05) is 31.0 Å². The average molecular weight is 330 g/mol. The number of nitrogens with zero attached hydrogens (tertiary/aromatic N) is 2. The average Bonchev–Trinajstić information content (AvgIpc) is 2.60. The first kappa shape index (κ1) is 17.6. The molecular weight excluding hydrogens is 311 g/mol. The Morgan fingerprint density at radius 1 is 1.21 bits per heavy atom. The second-order valence-corrected chi connectivity index (χ2v) is 5.15. The molecule has 126 valence electrons. The van der Waals surface area contributed by atoms with Crippen molar-refractivity contribution in [1.82, 2.24) is 9.88 Å². The van der Waals surface area contributed by atoms with E-state index in [4.69, 9.17) is 4.74 Å². The van der Waals surface area contributed by atoms with E-state index in [1.54, 1.807) is 25.4 Å².